The van der Waals surface area contributed by atoms with Crippen LogP contribution >= 0.6 is 0 Å². The molecule has 0 bridgehead atoms. The average molecular weight is 311 g/mol. The van der Waals surface area contributed by atoms with Crippen LogP contribution < -0.4 is 0 Å². The average Bonchev–Trinajstić information content (AvgIpc) is 2.43. The Balaban J connectivity index is 2.74. The van der Waals surface area contributed by atoms with Gasteiger partial charge in [0, 0.05) is 13.7 Å². The Hall–Kier alpha value is -1.33. The summed E-state index contributed by atoms with van der Waals surface area (Å²) in [7, 11) is 1.61. The van der Waals surface area contributed by atoms with Gasteiger partial charge in [0.25, 0.3) is 0 Å². The standard InChI is InChI=1S/C17H29NO4/c1-6-7-8-9-14-12-15(21-13-20-5)10-11-18(14)16(19)22-17(2,3)4/h6-9,14-15H,10-13H2,1-5H3/b7-6+,9-8+/t14-,15+/m1/s1. The van der Waals surface area contributed by atoms with E-state index in [0.29, 0.717) is 6.54 Å². The number of hydrogen-bond acceptors (Lipinski definition) is 4. The van der Waals surface area contributed by atoms with Gasteiger partial charge in [-0.1, -0.05) is 24.3 Å². The molecule has 1 aliphatic rings. The van der Waals surface area contributed by atoms with Crippen molar-refractivity contribution >= 4 is 6.09 Å². The predicted octanol–water partition coefficient (Wildman–Crippen LogP) is 3.51. The third-order valence-corrected chi connectivity index (χ3v) is 3.28. The molecule has 1 fully saturated rings. The molecule has 2 atom stereocenters. The first-order chi connectivity index (χ1) is 10.4. The Morgan fingerprint density at radius 1 is 1.32 bits per heavy atom. The number of ether oxygens (including phenoxy) is 3. The molecule has 126 valence electrons. The van der Waals surface area contributed by atoms with Crippen molar-refractivity contribution < 1.29 is 19.0 Å². The van der Waals surface area contributed by atoms with E-state index in [2.05, 4.69) is 0 Å². The number of amides is 1. The van der Waals surface area contributed by atoms with Gasteiger partial charge in [0.2, 0.25) is 0 Å². The number of carbonyl (C=O) groups is 1. The van der Waals surface area contributed by atoms with Crippen molar-refractivity contribution in [1.82, 2.24) is 4.90 Å². The summed E-state index contributed by atoms with van der Waals surface area (Å²) in [6, 6.07) is -0.0262. The topological polar surface area (TPSA) is 48.0 Å². The van der Waals surface area contributed by atoms with Crippen LogP contribution in [0.15, 0.2) is 24.3 Å². The molecule has 0 spiro atoms. The highest BCUT2D eigenvalue weighted by molar-refractivity contribution is 5.69. The van der Waals surface area contributed by atoms with E-state index in [0.717, 1.165) is 12.8 Å². The molecular formula is C17H29NO4. The third-order valence-electron chi connectivity index (χ3n) is 3.28. The first-order valence-electron chi connectivity index (χ1n) is 7.77. The highest BCUT2D eigenvalue weighted by Crippen LogP contribution is 2.23. The van der Waals surface area contributed by atoms with Crippen LogP contribution in [0.4, 0.5) is 4.79 Å². The van der Waals surface area contributed by atoms with Gasteiger partial charge in [-0.3, -0.25) is 0 Å². The van der Waals surface area contributed by atoms with E-state index >= 15 is 0 Å². The molecule has 0 N–H and O–H groups in total. The van der Waals surface area contributed by atoms with Gasteiger partial charge in [0.15, 0.2) is 0 Å². The van der Waals surface area contributed by atoms with Crippen molar-refractivity contribution in [2.45, 2.75) is 58.3 Å². The van der Waals surface area contributed by atoms with Crippen molar-refractivity contribution in [3.05, 3.63) is 24.3 Å². The Bertz CT molecular complexity index is 398. The van der Waals surface area contributed by atoms with Crippen LogP contribution in [0.5, 0.6) is 0 Å². The van der Waals surface area contributed by atoms with Gasteiger partial charge < -0.3 is 19.1 Å². The molecule has 5 heteroatoms. The van der Waals surface area contributed by atoms with Crippen molar-refractivity contribution in [2.24, 2.45) is 0 Å². The second-order valence-electron chi connectivity index (χ2n) is 6.37. The van der Waals surface area contributed by atoms with E-state index in [1.807, 2.05) is 52.0 Å². The summed E-state index contributed by atoms with van der Waals surface area (Å²) < 4.78 is 16.1. The molecular weight excluding hydrogens is 282 g/mol. The minimum absolute atomic E-state index is 0.0262. The van der Waals surface area contributed by atoms with Crippen LogP contribution in [0, 0.1) is 0 Å². The SMILES string of the molecule is C/C=C/C=C/[C@@H]1C[C@@H](OCOC)CCN1C(=O)OC(C)(C)C. The summed E-state index contributed by atoms with van der Waals surface area (Å²) in [4.78, 5) is 14.1. The molecule has 0 unspecified atom stereocenters. The van der Waals surface area contributed by atoms with Crippen molar-refractivity contribution in [1.29, 1.82) is 0 Å². The highest BCUT2D eigenvalue weighted by atomic mass is 16.7. The van der Waals surface area contributed by atoms with Gasteiger partial charge in [-0.25, -0.2) is 4.79 Å². The van der Waals surface area contributed by atoms with Crippen LogP contribution in [-0.4, -0.2) is 49.2 Å². The molecule has 0 aliphatic carbocycles. The number of allylic oxidation sites excluding steroid dienone is 3. The molecule has 0 radical (unpaired) electrons. The molecule has 22 heavy (non-hydrogen) atoms. The van der Waals surface area contributed by atoms with Gasteiger partial charge in [-0.15, -0.1) is 0 Å². The Labute approximate surface area is 133 Å². The molecule has 0 saturated carbocycles. The smallest absolute Gasteiger partial charge is 0.410 e. The molecule has 1 aliphatic heterocycles. The summed E-state index contributed by atoms with van der Waals surface area (Å²) in [5, 5.41) is 0. The molecule has 0 aromatic heterocycles. The Morgan fingerprint density at radius 2 is 2.05 bits per heavy atom. The predicted molar refractivity (Wildman–Crippen MR) is 86.7 cm³/mol. The normalized spacial score (nSPS) is 23.4. The minimum atomic E-state index is -0.488. The molecule has 0 aromatic rings. The van der Waals surface area contributed by atoms with Crippen LogP contribution in [0.1, 0.15) is 40.5 Å². The van der Waals surface area contributed by atoms with Gasteiger partial charge in [-0.2, -0.15) is 0 Å². The molecule has 1 amide bonds. The lowest BCUT2D eigenvalue weighted by molar-refractivity contribution is -0.0938. The maximum Gasteiger partial charge on any atom is 0.410 e. The number of methoxy groups -OCH3 is 1. The molecule has 1 heterocycles. The third kappa shape index (κ3) is 6.62. The van der Waals surface area contributed by atoms with E-state index in [-0.39, 0.29) is 25.0 Å². The monoisotopic (exact) mass is 311 g/mol. The van der Waals surface area contributed by atoms with Crippen LogP contribution in [-0.2, 0) is 14.2 Å². The quantitative estimate of drug-likeness (QED) is 0.576. The number of piperidine rings is 1. The van der Waals surface area contributed by atoms with Crippen LogP contribution in [0.3, 0.4) is 0 Å². The van der Waals surface area contributed by atoms with Gasteiger partial charge in [0.1, 0.15) is 12.4 Å². The van der Waals surface area contributed by atoms with Gasteiger partial charge in [-0.05, 0) is 40.5 Å². The molecule has 0 aromatic carbocycles. The van der Waals surface area contributed by atoms with E-state index in [9.17, 15) is 4.79 Å². The van der Waals surface area contributed by atoms with Crippen molar-refractivity contribution in [3.8, 4) is 0 Å². The zero-order valence-corrected chi connectivity index (χ0v) is 14.4. The second-order valence-corrected chi connectivity index (χ2v) is 6.37. The highest BCUT2D eigenvalue weighted by Gasteiger charge is 2.33. The number of nitrogens with zero attached hydrogens (tertiary/aromatic N) is 1. The molecule has 5 nitrogen and oxygen atoms in total. The Kier molecular flexibility index (Phi) is 7.62. The largest absolute Gasteiger partial charge is 0.444 e. The second kappa shape index (κ2) is 8.96. The zero-order chi connectivity index (χ0) is 16.6. The van der Waals surface area contributed by atoms with Crippen LogP contribution in [0.2, 0.25) is 0 Å². The summed E-state index contributed by atoms with van der Waals surface area (Å²) in [6.45, 7) is 8.50. The lowest BCUT2D eigenvalue weighted by Gasteiger charge is -2.38. The van der Waals surface area contributed by atoms with E-state index in [4.69, 9.17) is 14.2 Å². The minimum Gasteiger partial charge on any atom is -0.444 e. The van der Waals surface area contributed by atoms with Gasteiger partial charge in [0.05, 0.1) is 12.1 Å². The van der Waals surface area contributed by atoms with Crippen molar-refractivity contribution in [2.75, 3.05) is 20.4 Å². The lowest BCUT2D eigenvalue weighted by atomic mass is 9.99. The first kappa shape index (κ1) is 18.7. The summed E-state index contributed by atoms with van der Waals surface area (Å²) >= 11 is 0. The fourth-order valence-corrected chi connectivity index (χ4v) is 2.31. The maximum atomic E-state index is 12.4. The fraction of sp³-hybridized carbons (Fsp3) is 0.706. The zero-order valence-electron chi connectivity index (χ0n) is 14.4. The molecule has 1 rings (SSSR count). The summed E-state index contributed by atoms with van der Waals surface area (Å²) in [6.07, 6.45) is 9.25. The summed E-state index contributed by atoms with van der Waals surface area (Å²) in [5.41, 5.74) is -0.488. The van der Waals surface area contributed by atoms with E-state index in [1.54, 1.807) is 12.0 Å². The van der Waals surface area contributed by atoms with Crippen molar-refractivity contribution in [3.63, 3.8) is 0 Å². The fourth-order valence-electron chi connectivity index (χ4n) is 2.31. The molecule has 1 saturated heterocycles. The maximum absolute atomic E-state index is 12.4. The number of carbonyl (C=O) groups excluding carboxylic acids is 1. The Morgan fingerprint density at radius 3 is 2.64 bits per heavy atom. The number of hydrogen-bond donors (Lipinski definition) is 0. The lowest BCUT2D eigenvalue weighted by Crippen LogP contribution is -2.49. The summed E-state index contributed by atoms with van der Waals surface area (Å²) in [5.74, 6) is 0. The van der Waals surface area contributed by atoms with E-state index < -0.39 is 5.60 Å². The van der Waals surface area contributed by atoms with Gasteiger partial charge >= 0.3 is 6.09 Å². The number of rotatable bonds is 5. The van der Waals surface area contributed by atoms with E-state index in [1.165, 1.54) is 0 Å². The van der Waals surface area contributed by atoms with Crippen LogP contribution in [0.25, 0.3) is 0 Å². The first-order valence-corrected chi connectivity index (χ1v) is 7.77. The number of likely N-dealkylation sites (tertiary alicyclic amines) is 1.